The molecule has 2 aromatic carbocycles. The van der Waals surface area contributed by atoms with Crippen molar-refractivity contribution in [3.63, 3.8) is 0 Å². The molecule has 0 saturated carbocycles. The molecule has 30 heavy (non-hydrogen) atoms. The van der Waals surface area contributed by atoms with Crippen LogP contribution < -0.4 is 16.0 Å². The summed E-state index contributed by atoms with van der Waals surface area (Å²) in [4.78, 5) is 24.8. The predicted molar refractivity (Wildman–Crippen MR) is 114 cm³/mol. The van der Waals surface area contributed by atoms with Crippen LogP contribution in [0, 0.1) is 0 Å². The van der Waals surface area contributed by atoms with E-state index in [0.717, 1.165) is 17.7 Å². The number of carbonyl (C=O) groups is 2. The standard InChI is InChI=1S/C23H25N5O2/c29-22(25-14-18-9-5-2-6-10-18)20-15-26-28-16-19(13-21(20)28)27-23(30)24-12-11-17-7-3-1-4-8-17/h1-10,15,19H,11-14,16H2,(H,25,29)(H2,24,27,30)/t19-/m0/s1. The maximum atomic E-state index is 12.6. The normalized spacial score (nSPS) is 14.7. The van der Waals surface area contributed by atoms with Gasteiger partial charge in [0.15, 0.2) is 0 Å². The van der Waals surface area contributed by atoms with Crippen molar-refractivity contribution in [2.24, 2.45) is 0 Å². The van der Waals surface area contributed by atoms with Crippen LogP contribution in [-0.2, 0) is 25.9 Å². The molecule has 0 unspecified atom stereocenters. The first-order chi connectivity index (χ1) is 14.7. The lowest BCUT2D eigenvalue weighted by Gasteiger charge is -2.13. The van der Waals surface area contributed by atoms with Gasteiger partial charge < -0.3 is 16.0 Å². The van der Waals surface area contributed by atoms with Crippen molar-refractivity contribution >= 4 is 11.9 Å². The van der Waals surface area contributed by atoms with E-state index in [1.807, 2.05) is 60.7 Å². The first-order valence-corrected chi connectivity index (χ1v) is 10.1. The number of urea groups is 1. The lowest BCUT2D eigenvalue weighted by molar-refractivity contribution is 0.0950. The van der Waals surface area contributed by atoms with Gasteiger partial charge in [-0.05, 0) is 17.5 Å². The number of carbonyl (C=O) groups excluding carboxylic acids is 2. The molecule has 0 saturated heterocycles. The lowest BCUT2D eigenvalue weighted by Crippen LogP contribution is -2.43. The van der Waals surface area contributed by atoms with Crippen molar-refractivity contribution in [1.29, 1.82) is 0 Å². The molecule has 1 aliphatic rings. The van der Waals surface area contributed by atoms with Crippen molar-refractivity contribution < 1.29 is 9.59 Å². The first-order valence-electron chi connectivity index (χ1n) is 10.1. The highest BCUT2D eigenvalue weighted by Gasteiger charge is 2.28. The monoisotopic (exact) mass is 403 g/mol. The Morgan fingerprint density at radius 2 is 1.67 bits per heavy atom. The highest BCUT2D eigenvalue weighted by atomic mass is 16.2. The maximum Gasteiger partial charge on any atom is 0.315 e. The van der Waals surface area contributed by atoms with Gasteiger partial charge in [0.2, 0.25) is 0 Å². The highest BCUT2D eigenvalue weighted by Crippen LogP contribution is 2.19. The minimum atomic E-state index is -0.197. The Morgan fingerprint density at radius 3 is 2.40 bits per heavy atom. The summed E-state index contributed by atoms with van der Waals surface area (Å²) in [6.45, 7) is 1.60. The quantitative estimate of drug-likeness (QED) is 0.566. The number of fused-ring (bicyclic) bond motifs is 1. The molecule has 0 radical (unpaired) electrons. The van der Waals surface area contributed by atoms with Crippen LogP contribution in [-0.4, -0.2) is 34.3 Å². The zero-order valence-corrected chi connectivity index (χ0v) is 16.7. The van der Waals surface area contributed by atoms with Gasteiger partial charge in [-0.25, -0.2) is 4.79 Å². The van der Waals surface area contributed by atoms with Crippen LogP contribution in [0.1, 0.15) is 27.2 Å². The van der Waals surface area contributed by atoms with E-state index < -0.39 is 0 Å². The fraction of sp³-hybridized carbons (Fsp3) is 0.261. The number of nitrogens with one attached hydrogen (secondary N) is 3. The molecule has 1 aromatic heterocycles. The van der Waals surface area contributed by atoms with Gasteiger partial charge in [-0.15, -0.1) is 0 Å². The minimum Gasteiger partial charge on any atom is -0.348 e. The molecule has 1 aliphatic heterocycles. The van der Waals surface area contributed by atoms with Crippen molar-refractivity contribution in [2.45, 2.75) is 32.0 Å². The molecule has 2 heterocycles. The fourth-order valence-electron chi connectivity index (χ4n) is 3.65. The van der Waals surface area contributed by atoms with Gasteiger partial charge in [0, 0.05) is 19.5 Å². The third-order valence-electron chi connectivity index (χ3n) is 5.20. The fourth-order valence-corrected chi connectivity index (χ4v) is 3.65. The first kappa shape index (κ1) is 19.7. The van der Waals surface area contributed by atoms with Gasteiger partial charge in [0.1, 0.15) is 0 Å². The summed E-state index contributed by atoms with van der Waals surface area (Å²) in [5.74, 6) is -0.145. The Morgan fingerprint density at radius 1 is 0.967 bits per heavy atom. The predicted octanol–water partition coefficient (Wildman–Crippen LogP) is 2.28. The van der Waals surface area contributed by atoms with Gasteiger partial charge in [-0.3, -0.25) is 9.48 Å². The molecule has 154 valence electrons. The van der Waals surface area contributed by atoms with Crippen molar-refractivity contribution in [3.8, 4) is 0 Å². The second kappa shape index (κ2) is 9.26. The third kappa shape index (κ3) is 4.86. The van der Waals surface area contributed by atoms with Gasteiger partial charge in [0.25, 0.3) is 5.91 Å². The van der Waals surface area contributed by atoms with Crippen molar-refractivity contribution in [3.05, 3.63) is 89.2 Å². The summed E-state index contributed by atoms with van der Waals surface area (Å²) in [7, 11) is 0. The summed E-state index contributed by atoms with van der Waals surface area (Å²) in [6, 6.07) is 19.5. The third-order valence-corrected chi connectivity index (χ3v) is 5.20. The topological polar surface area (TPSA) is 88.1 Å². The SMILES string of the molecule is O=C(NCCc1ccccc1)N[C@H]1Cc2c(C(=O)NCc3ccccc3)cnn2C1. The summed E-state index contributed by atoms with van der Waals surface area (Å²) in [5.41, 5.74) is 3.65. The average molecular weight is 403 g/mol. The molecule has 0 fully saturated rings. The Hall–Kier alpha value is -3.61. The molecule has 7 nitrogen and oxygen atoms in total. The summed E-state index contributed by atoms with van der Waals surface area (Å²) < 4.78 is 1.80. The zero-order chi connectivity index (χ0) is 20.8. The molecular weight excluding hydrogens is 378 g/mol. The molecule has 3 N–H and O–H groups in total. The van der Waals surface area contributed by atoms with Crippen LogP contribution in [0.5, 0.6) is 0 Å². The number of hydrogen-bond donors (Lipinski definition) is 3. The summed E-state index contributed by atoms with van der Waals surface area (Å²) in [5, 5.41) is 13.1. The molecule has 4 rings (SSSR count). The van der Waals surface area contributed by atoms with Crippen molar-refractivity contribution in [2.75, 3.05) is 6.54 Å². The van der Waals surface area contributed by atoms with E-state index in [1.165, 1.54) is 5.56 Å². The Bertz CT molecular complexity index is 1000. The van der Waals surface area contributed by atoms with Crippen LogP contribution in [0.4, 0.5) is 4.79 Å². The van der Waals surface area contributed by atoms with E-state index >= 15 is 0 Å². The molecule has 1 atom stereocenters. The van der Waals surface area contributed by atoms with E-state index in [9.17, 15) is 9.59 Å². The van der Waals surface area contributed by atoms with Gasteiger partial charge in [0.05, 0.1) is 30.0 Å². The van der Waals surface area contributed by atoms with Crippen LogP contribution in [0.3, 0.4) is 0 Å². The molecule has 7 heteroatoms. The summed E-state index contributed by atoms with van der Waals surface area (Å²) >= 11 is 0. The Balaban J connectivity index is 1.25. The van der Waals surface area contributed by atoms with E-state index in [4.69, 9.17) is 0 Å². The highest BCUT2D eigenvalue weighted by molar-refractivity contribution is 5.95. The Labute approximate surface area is 175 Å². The van der Waals surface area contributed by atoms with Crippen LogP contribution >= 0.6 is 0 Å². The van der Waals surface area contributed by atoms with E-state index in [0.29, 0.717) is 31.6 Å². The number of aromatic nitrogens is 2. The maximum absolute atomic E-state index is 12.6. The number of amides is 3. The van der Waals surface area contributed by atoms with E-state index in [1.54, 1.807) is 10.9 Å². The van der Waals surface area contributed by atoms with Crippen LogP contribution in [0.25, 0.3) is 0 Å². The molecular formula is C23H25N5O2. The second-order valence-electron chi connectivity index (χ2n) is 7.39. The van der Waals surface area contributed by atoms with Crippen molar-refractivity contribution in [1.82, 2.24) is 25.7 Å². The Kier molecular flexibility index (Phi) is 6.08. The lowest BCUT2D eigenvalue weighted by atomic mass is 10.1. The van der Waals surface area contributed by atoms with Gasteiger partial charge >= 0.3 is 6.03 Å². The molecule has 0 aliphatic carbocycles. The summed E-state index contributed by atoms with van der Waals surface area (Å²) in [6.07, 6.45) is 2.97. The average Bonchev–Trinajstić information content (AvgIpc) is 3.33. The van der Waals surface area contributed by atoms with E-state index in [2.05, 4.69) is 21.0 Å². The van der Waals surface area contributed by atoms with Gasteiger partial charge in [-0.1, -0.05) is 60.7 Å². The second-order valence-corrected chi connectivity index (χ2v) is 7.39. The smallest absolute Gasteiger partial charge is 0.315 e. The largest absolute Gasteiger partial charge is 0.348 e. The van der Waals surface area contributed by atoms with Crippen LogP contribution in [0.15, 0.2) is 66.9 Å². The zero-order valence-electron chi connectivity index (χ0n) is 16.7. The number of benzene rings is 2. The minimum absolute atomic E-state index is 0.0777. The van der Waals surface area contributed by atoms with E-state index in [-0.39, 0.29) is 18.0 Å². The number of nitrogens with zero attached hydrogens (tertiary/aromatic N) is 2. The van der Waals surface area contributed by atoms with Gasteiger partial charge in [-0.2, -0.15) is 5.10 Å². The number of hydrogen-bond acceptors (Lipinski definition) is 3. The number of rotatable bonds is 7. The molecule has 3 aromatic rings. The van der Waals surface area contributed by atoms with Crippen LogP contribution in [0.2, 0.25) is 0 Å². The molecule has 3 amide bonds. The molecule has 0 spiro atoms. The molecule has 0 bridgehead atoms.